The van der Waals surface area contributed by atoms with Crippen LogP contribution in [0.2, 0.25) is 0 Å². The summed E-state index contributed by atoms with van der Waals surface area (Å²) in [7, 11) is 0. The maximum Gasteiger partial charge on any atom is 0.331 e. The highest BCUT2D eigenvalue weighted by Crippen LogP contribution is 2.46. The van der Waals surface area contributed by atoms with Gasteiger partial charge in [-0.3, -0.25) is 14.5 Å². The molecule has 0 spiro atoms. The Morgan fingerprint density at radius 1 is 1.27 bits per heavy atom. The molecule has 0 aromatic carbocycles. The first-order valence-corrected chi connectivity index (χ1v) is 12.7. The van der Waals surface area contributed by atoms with Gasteiger partial charge in [-0.25, -0.2) is 14.8 Å². The molecule has 3 aromatic rings. The van der Waals surface area contributed by atoms with Crippen LogP contribution in [-0.2, 0) is 4.79 Å². The third kappa shape index (κ3) is 4.53. The molecule has 2 aliphatic heterocycles. The van der Waals surface area contributed by atoms with E-state index in [1.165, 1.54) is 22.3 Å². The topological polar surface area (TPSA) is 117 Å². The molecule has 0 bridgehead atoms. The van der Waals surface area contributed by atoms with Crippen molar-refractivity contribution in [3.63, 3.8) is 0 Å². The van der Waals surface area contributed by atoms with Gasteiger partial charge in [0.15, 0.2) is 0 Å². The van der Waals surface area contributed by atoms with E-state index in [1.54, 1.807) is 29.3 Å². The quantitative estimate of drug-likeness (QED) is 0.464. The maximum absolute atomic E-state index is 13.4. The highest BCUT2D eigenvalue weighted by molar-refractivity contribution is 7.21. The van der Waals surface area contributed by atoms with Crippen LogP contribution in [0.5, 0.6) is 5.88 Å². The summed E-state index contributed by atoms with van der Waals surface area (Å²) in [4.78, 5) is 51.7. The molecule has 190 valence electrons. The lowest BCUT2D eigenvalue weighted by molar-refractivity contribution is -0.125. The fourth-order valence-electron chi connectivity index (χ4n) is 4.41. The Kier molecular flexibility index (Phi) is 6.38. The van der Waals surface area contributed by atoms with Crippen LogP contribution in [0.25, 0.3) is 10.2 Å². The van der Waals surface area contributed by atoms with E-state index in [0.29, 0.717) is 62.4 Å². The number of hydrogen-bond donors (Lipinski definition) is 2. The van der Waals surface area contributed by atoms with Crippen molar-refractivity contribution in [2.75, 3.05) is 23.3 Å². The predicted molar refractivity (Wildman–Crippen MR) is 142 cm³/mol. The van der Waals surface area contributed by atoms with Crippen molar-refractivity contribution in [1.82, 2.24) is 20.2 Å². The number of pyridine rings is 2. The molecule has 0 atom stereocenters. The molecule has 4 amide bonds. The molecule has 5 heterocycles. The molecule has 0 saturated heterocycles. The number of anilines is 3. The largest absolute Gasteiger partial charge is 0.475 e. The smallest absolute Gasteiger partial charge is 0.331 e. The molecule has 0 fully saturated rings. The molecular formula is C26H26N6O4S. The predicted octanol–water partition coefficient (Wildman–Crippen LogP) is 4.50. The van der Waals surface area contributed by atoms with Crippen LogP contribution < -0.4 is 20.3 Å². The van der Waals surface area contributed by atoms with Gasteiger partial charge in [-0.2, -0.15) is 0 Å². The number of nitrogens with one attached hydrogen (secondary N) is 2. The Bertz CT molecular complexity index is 1480. The van der Waals surface area contributed by atoms with Crippen molar-refractivity contribution in [2.24, 2.45) is 0 Å². The lowest BCUT2D eigenvalue weighted by atomic mass is 10.1. The second kappa shape index (κ2) is 9.66. The van der Waals surface area contributed by atoms with Gasteiger partial charge in [0.2, 0.25) is 11.8 Å². The van der Waals surface area contributed by atoms with Crippen LogP contribution in [0.1, 0.15) is 35.6 Å². The number of rotatable bonds is 6. The zero-order valence-electron chi connectivity index (χ0n) is 20.7. The van der Waals surface area contributed by atoms with E-state index in [0.717, 1.165) is 0 Å². The van der Waals surface area contributed by atoms with Gasteiger partial charge in [0.25, 0.3) is 5.91 Å². The zero-order chi connectivity index (χ0) is 26.3. The van der Waals surface area contributed by atoms with E-state index in [9.17, 15) is 14.4 Å². The van der Waals surface area contributed by atoms with Crippen LogP contribution >= 0.6 is 11.3 Å². The second-order valence-electron chi connectivity index (χ2n) is 8.94. The monoisotopic (exact) mass is 518 g/mol. The molecule has 2 N–H and O–H groups in total. The maximum atomic E-state index is 13.4. The number of thiophene rings is 1. The first-order chi connectivity index (χ1) is 17.8. The summed E-state index contributed by atoms with van der Waals surface area (Å²) in [5.74, 6) is -0.0782. The van der Waals surface area contributed by atoms with E-state index in [2.05, 4.69) is 27.2 Å². The summed E-state index contributed by atoms with van der Waals surface area (Å²) in [6.07, 6.45) is 5.38. The standard InChI is InChI=1S/C26H26N6O4S/c1-5-20(33)31-12-6-7-16(13-31)29-24(34)23-22-21-18(10-11-27-25(21)37-23)32(26(35)30-22)17-8-9-19(28-15(17)4)36-14(2)3/h5,7-11,14H,1,6,12-13H2,2-4H3,(H,29,34)(H,30,35). The van der Waals surface area contributed by atoms with E-state index in [4.69, 9.17) is 4.74 Å². The Hall–Kier alpha value is -4.25. The Morgan fingerprint density at radius 2 is 2.08 bits per heavy atom. The summed E-state index contributed by atoms with van der Waals surface area (Å²) in [5, 5.41) is 6.47. The van der Waals surface area contributed by atoms with E-state index in [1.807, 2.05) is 26.8 Å². The van der Waals surface area contributed by atoms with Crippen molar-refractivity contribution >= 4 is 56.5 Å². The minimum Gasteiger partial charge on any atom is -0.475 e. The molecule has 0 saturated carbocycles. The average molecular weight is 519 g/mol. The number of hydrogen-bond acceptors (Lipinski definition) is 7. The van der Waals surface area contributed by atoms with Crippen LogP contribution in [0.3, 0.4) is 0 Å². The van der Waals surface area contributed by atoms with Gasteiger partial charge in [-0.15, -0.1) is 11.3 Å². The zero-order valence-corrected chi connectivity index (χ0v) is 21.5. The molecule has 10 nitrogen and oxygen atoms in total. The van der Waals surface area contributed by atoms with Crippen molar-refractivity contribution in [2.45, 2.75) is 33.3 Å². The number of carbonyl (C=O) groups excluding carboxylic acids is 3. The van der Waals surface area contributed by atoms with Crippen LogP contribution in [-0.4, -0.2) is 51.9 Å². The highest BCUT2D eigenvalue weighted by atomic mass is 32.1. The van der Waals surface area contributed by atoms with E-state index >= 15 is 0 Å². The third-order valence-corrected chi connectivity index (χ3v) is 7.09. The number of aromatic nitrogens is 2. The van der Waals surface area contributed by atoms with Crippen molar-refractivity contribution in [3.8, 4) is 5.88 Å². The summed E-state index contributed by atoms with van der Waals surface area (Å²) >= 11 is 1.20. The Balaban J connectivity index is 1.48. The van der Waals surface area contributed by atoms with Gasteiger partial charge in [0.05, 0.1) is 40.8 Å². The number of carbonyl (C=O) groups is 3. The van der Waals surface area contributed by atoms with Crippen LogP contribution in [0.15, 0.2) is 48.8 Å². The van der Waals surface area contributed by atoms with Gasteiger partial charge in [-0.1, -0.05) is 12.7 Å². The summed E-state index contributed by atoms with van der Waals surface area (Å²) < 4.78 is 5.68. The average Bonchev–Trinajstić information content (AvgIpc) is 3.24. The molecule has 2 aliphatic rings. The number of urea groups is 1. The SMILES string of the molecule is C=CC(=O)N1CCC=C(NC(=O)c2sc3nccc4c3c2NC(=O)N4c2ccc(OC(C)C)nc2C)C1. The number of aryl methyl sites for hydroxylation is 1. The Labute approximate surface area is 217 Å². The molecule has 3 aromatic heterocycles. The molecular weight excluding hydrogens is 492 g/mol. The van der Waals surface area contributed by atoms with Crippen LogP contribution in [0, 0.1) is 6.92 Å². The van der Waals surface area contributed by atoms with Crippen molar-refractivity contribution in [3.05, 3.63) is 59.4 Å². The van der Waals surface area contributed by atoms with Crippen molar-refractivity contribution < 1.29 is 19.1 Å². The molecule has 5 rings (SSSR count). The highest BCUT2D eigenvalue weighted by Gasteiger charge is 2.34. The molecule has 0 aliphatic carbocycles. The van der Waals surface area contributed by atoms with Gasteiger partial charge < -0.3 is 20.3 Å². The van der Waals surface area contributed by atoms with Gasteiger partial charge in [0.1, 0.15) is 9.71 Å². The first-order valence-electron chi connectivity index (χ1n) is 11.9. The third-order valence-electron chi connectivity index (χ3n) is 5.99. The summed E-state index contributed by atoms with van der Waals surface area (Å²) in [6, 6.07) is 4.87. The number of nitrogens with zero attached hydrogens (tertiary/aromatic N) is 4. The molecule has 0 unspecified atom stereocenters. The van der Waals surface area contributed by atoms with E-state index < -0.39 is 6.03 Å². The lowest BCUT2D eigenvalue weighted by Crippen LogP contribution is -2.39. The lowest BCUT2D eigenvalue weighted by Gasteiger charge is -2.29. The normalized spacial score (nSPS) is 14.9. The number of amides is 4. The first kappa shape index (κ1) is 24.4. The van der Waals surface area contributed by atoms with Gasteiger partial charge in [0, 0.05) is 24.5 Å². The fourth-order valence-corrected chi connectivity index (χ4v) is 5.43. The minimum absolute atomic E-state index is 0.0243. The number of ether oxygens (including phenoxy) is 1. The Morgan fingerprint density at radius 3 is 2.81 bits per heavy atom. The summed E-state index contributed by atoms with van der Waals surface area (Å²) in [6.45, 7) is 10.0. The van der Waals surface area contributed by atoms with Gasteiger partial charge in [-0.05, 0) is 45.4 Å². The molecule has 0 radical (unpaired) electrons. The van der Waals surface area contributed by atoms with Crippen LogP contribution in [0.4, 0.5) is 21.9 Å². The van der Waals surface area contributed by atoms with Crippen molar-refractivity contribution in [1.29, 1.82) is 0 Å². The molecule has 37 heavy (non-hydrogen) atoms. The van der Waals surface area contributed by atoms with E-state index in [-0.39, 0.29) is 24.5 Å². The molecule has 11 heteroatoms. The minimum atomic E-state index is -0.408. The fraction of sp³-hybridized carbons (Fsp3) is 0.269. The van der Waals surface area contributed by atoms with Gasteiger partial charge >= 0.3 is 6.03 Å². The summed E-state index contributed by atoms with van der Waals surface area (Å²) in [5.41, 5.74) is 2.88. The second-order valence-corrected chi connectivity index (χ2v) is 9.94.